The SMILES string of the molecule is CC1Cc2cc(C(O)=C3C(=O)C(=O)N(CCN4CCOCC4)C3c3ccc([N+](=O)[O-])cc3)ccc2O1. The van der Waals surface area contributed by atoms with E-state index in [1.54, 1.807) is 18.2 Å². The van der Waals surface area contributed by atoms with Crippen LogP contribution in [0.25, 0.3) is 5.76 Å². The molecule has 2 unspecified atom stereocenters. The smallest absolute Gasteiger partial charge is 0.295 e. The second-order valence-electron chi connectivity index (χ2n) is 9.25. The first kappa shape index (κ1) is 24.0. The molecule has 10 nitrogen and oxygen atoms in total. The van der Waals surface area contributed by atoms with Crippen LogP contribution in [-0.2, 0) is 20.7 Å². The number of nitrogens with zero attached hydrogens (tertiary/aromatic N) is 3. The molecule has 0 aromatic heterocycles. The zero-order chi connectivity index (χ0) is 25.4. The minimum absolute atomic E-state index is 0.0169. The molecule has 10 heteroatoms. The van der Waals surface area contributed by atoms with Crippen LogP contribution < -0.4 is 4.74 Å². The third kappa shape index (κ3) is 4.45. The zero-order valence-electron chi connectivity index (χ0n) is 19.9. The maximum atomic E-state index is 13.3. The number of hydrogen-bond donors (Lipinski definition) is 1. The van der Waals surface area contributed by atoms with E-state index in [1.807, 2.05) is 6.92 Å². The van der Waals surface area contributed by atoms with Gasteiger partial charge >= 0.3 is 0 Å². The van der Waals surface area contributed by atoms with E-state index in [1.165, 1.54) is 29.2 Å². The molecule has 0 radical (unpaired) electrons. The molecule has 3 aliphatic rings. The highest BCUT2D eigenvalue weighted by Gasteiger charge is 2.46. The summed E-state index contributed by atoms with van der Waals surface area (Å²) in [7, 11) is 0. The predicted molar refractivity (Wildman–Crippen MR) is 130 cm³/mol. The van der Waals surface area contributed by atoms with Crippen molar-refractivity contribution in [2.45, 2.75) is 25.5 Å². The first-order chi connectivity index (χ1) is 17.3. The summed E-state index contributed by atoms with van der Waals surface area (Å²) in [5, 5.41) is 22.5. The van der Waals surface area contributed by atoms with E-state index in [2.05, 4.69) is 4.90 Å². The van der Waals surface area contributed by atoms with Gasteiger partial charge in [0, 0.05) is 50.3 Å². The molecule has 2 aromatic carbocycles. The van der Waals surface area contributed by atoms with Gasteiger partial charge in [-0.1, -0.05) is 0 Å². The van der Waals surface area contributed by atoms with Crippen molar-refractivity contribution in [1.82, 2.24) is 9.80 Å². The van der Waals surface area contributed by atoms with Crippen LogP contribution in [0.5, 0.6) is 5.75 Å². The highest BCUT2D eigenvalue weighted by atomic mass is 16.6. The van der Waals surface area contributed by atoms with Gasteiger partial charge in [0.2, 0.25) is 0 Å². The molecule has 2 aromatic rings. The number of benzene rings is 2. The number of nitro groups is 1. The number of hydrogen-bond acceptors (Lipinski definition) is 8. The highest BCUT2D eigenvalue weighted by Crippen LogP contribution is 2.40. The average molecular weight is 494 g/mol. The number of aliphatic hydroxyl groups excluding tert-OH is 1. The van der Waals surface area contributed by atoms with Gasteiger partial charge in [0.05, 0.1) is 29.8 Å². The largest absolute Gasteiger partial charge is 0.507 e. The Labute approximate surface area is 207 Å². The number of aliphatic hydroxyl groups is 1. The topological polar surface area (TPSA) is 122 Å². The van der Waals surface area contributed by atoms with Gasteiger partial charge in [-0.25, -0.2) is 0 Å². The van der Waals surface area contributed by atoms with Crippen LogP contribution in [-0.4, -0.2) is 77.0 Å². The number of carbonyl (C=O) groups is 2. The Hall–Kier alpha value is -3.76. The van der Waals surface area contributed by atoms with Crippen LogP contribution in [0.4, 0.5) is 5.69 Å². The number of amides is 1. The fourth-order valence-electron chi connectivity index (χ4n) is 5.03. The molecule has 3 heterocycles. The lowest BCUT2D eigenvalue weighted by Gasteiger charge is -2.31. The molecule has 1 amide bonds. The molecule has 0 bridgehead atoms. The second kappa shape index (κ2) is 9.71. The second-order valence-corrected chi connectivity index (χ2v) is 9.25. The maximum Gasteiger partial charge on any atom is 0.295 e. The standard InChI is InChI=1S/C26H27N3O7/c1-16-14-19-15-18(4-7-21(19)36-16)24(30)22-23(17-2-5-20(6-3-17)29(33)34)28(26(32)25(22)31)9-8-27-10-12-35-13-11-27/h2-7,15-16,23,30H,8-14H2,1H3. The number of likely N-dealkylation sites (tertiary alicyclic amines) is 1. The number of Topliss-reactive ketones (excluding diaryl/α,β-unsaturated/α-hetero) is 1. The molecular formula is C26H27N3O7. The number of carbonyl (C=O) groups excluding carboxylic acids is 2. The number of ether oxygens (including phenoxy) is 2. The Morgan fingerprint density at radius 3 is 2.53 bits per heavy atom. The van der Waals surface area contributed by atoms with Crippen LogP contribution in [0, 0.1) is 10.1 Å². The number of non-ortho nitro benzene ring substituents is 1. The number of nitro benzene ring substituents is 1. The summed E-state index contributed by atoms with van der Waals surface area (Å²) in [5.74, 6) is -1.01. The van der Waals surface area contributed by atoms with Gasteiger partial charge in [-0.05, 0) is 48.4 Å². The Morgan fingerprint density at radius 2 is 1.83 bits per heavy atom. The van der Waals surface area contributed by atoms with Crippen molar-refractivity contribution < 1.29 is 29.1 Å². The number of morpholine rings is 1. The monoisotopic (exact) mass is 493 g/mol. The Bertz CT molecular complexity index is 1230. The van der Waals surface area contributed by atoms with Crippen LogP contribution in [0.3, 0.4) is 0 Å². The van der Waals surface area contributed by atoms with E-state index in [9.17, 15) is 24.8 Å². The average Bonchev–Trinajstić information content (AvgIpc) is 3.38. The summed E-state index contributed by atoms with van der Waals surface area (Å²) < 4.78 is 11.1. The van der Waals surface area contributed by atoms with Gasteiger partial charge < -0.3 is 19.5 Å². The molecule has 5 rings (SSSR count). The van der Waals surface area contributed by atoms with Gasteiger partial charge in [0.25, 0.3) is 17.4 Å². The minimum atomic E-state index is -0.865. The van der Waals surface area contributed by atoms with Crippen LogP contribution in [0.15, 0.2) is 48.0 Å². The Kier molecular flexibility index (Phi) is 6.46. The summed E-state index contributed by atoms with van der Waals surface area (Å²) in [5.41, 5.74) is 1.73. The summed E-state index contributed by atoms with van der Waals surface area (Å²) in [6, 6.07) is 10.1. The van der Waals surface area contributed by atoms with Gasteiger partial charge in [-0.3, -0.25) is 24.6 Å². The third-order valence-electron chi connectivity index (χ3n) is 6.89. The van der Waals surface area contributed by atoms with Crippen molar-refractivity contribution in [2.24, 2.45) is 0 Å². The lowest BCUT2D eigenvalue weighted by molar-refractivity contribution is -0.384. The molecule has 2 atom stereocenters. The molecule has 188 valence electrons. The van der Waals surface area contributed by atoms with Crippen molar-refractivity contribution >= 4 is 23.1 Å². The first-order valence-electron chi connectivity index (χ1n) is 12.0. The van der Waals surface area contributed by atoms with E-state index in [0.29, 0.717) is 37.3 Å². The fraction of sp³-hybridized carbons (Fsp3) is 0.385. The Balaban J connectivity index is 1.54. The molecule has 0 spiro atoms. The third-order valence-corrected chi connectivity index (χ3v) is 6.89. The normalized spacial score (nSPS) is 23.5. The van der Waals surface area contributed by atoms with Crippen LogP contribution in [0.2, 0.25) is 0 Å². The van der Waals surface area contributed by atoms with E-state index in [0.717, 1.165) is 24.4 Å². The van der Waals surface area contributed by atoms with Crippen LogP contribution in [0.1, 0.15) is 29.7 Å². The van der Waals surface area contributed by atoms with E-state index < -0.39 is 22.7 Å². The van der Waals surface area contributed by atoms with Gasteiger partial charge in [0.15, 0.2) is 0 Å². The molecule has 3 aliphatic heterocycles. The highest BCUT2D eigenvalue weighted by molar-refractivity contribution is 6.46. The van der Waals surface area contributed by atoms with Gasteiger partial charge in [-0.2, -0.15) is 0 Å². The van der Waals surface area contributed by atoms with E-state index in [4.69, 9.17) is 9.47 Å². The van der Waals surface area contributed by atoms with Crippen LogP contribution >= 0.6 is 0 Å². The van der Waals surface area contributed by atoms with Gasteiger partial charge in [0.1, 0.15) is 17.6 Å². The maximum absolute atomic E-state index is 13.3. The molecule has 0 saturated carbocycles. The van der Waals surface area contributed by atoms with Crippen molar-refractivity contribution in [3.05, 3.63) is 74.8 Å². The Morgan fingerprint density at radius 1 is 1.11 bits per heavy atom. The summed E-state index contributed by atoms with van der Waals surface area (Å²) in [4.78, 5) is 40.7. The molecular weight excluding hydrogens is 466 g/mol. The number of rotatable bonds is 6. The number of ketones is 1. The van der Waals surface area contributed by atoms with Gasteiger partial charge in [-0.15, -0.1) is 0 Å². The lowest BCUT2D eigenvalue weighted by atomic mass is 9.94. The fourth-order valence-corrected chi connectivity index (χ4v) is 5.03. The quantitative estimate of drug-likeness (QED) is 0.214. The minimum Gasteiger partial charge on any atom is -0.507 e. The lowest BCUT2D eigenvalue weighted by Crippen LogP contribution is -2.42. The van der Waals surface area contributed by atoms with E-state index in [-0.39, 0.29) is 29.7 Å². The van der Waals surface area contributed by atoms with Crippen molar-refractivity contribution in [3.63, 3.8) is 0 Å². The summed E-state index contributed by atoms with van der Waals surface area (Å²) in [6.45, 7) is 5.40. The van der Waals surface area contributed by atoms with E-state index >= 15 is 0 Å². The zero-order valence-corrected chi connectivity index (χ0v) is 19.9. The number of fused-ring (bicyclic) bond motifs is 1. The van der Waals surface area contributed by atoms with Crippen molar-refractivity contribution in [3.8, 4) is 5.75 Å². The summed E-state index contributed by atoms with van der Waals surface area (Å²) >= 11 is 0. The van der Waals surface area contributed by atoms with Crippen molar-refractivity contribution in [1.29, 1.82) is 0 Å². The van der Waals surface area contributed by atoms with Crippen molar-refractivity contribution in [2.75, 3.05) is 39.4 Å². The molecule has 2 fully saturated rings. The first-order valence-corrected chi connectivity index (χ1v) is 12.0. The molecule has 1 N–H and O–H groups in total. The molecule has 36 heavy (non-hydrogen) atoms. The summed E-state index contributed by atoms with van der Waals surface area (Å²) in [6.07, 6.45) is 0.694. The molecule has 0 aliphatic carbocycles. The molecule has 2 saturated heterocycles. The predicted octanol–water partition coefficient (Wildman–Crippen LogP) is 2.67.